The van der Waals surface area contributed by atoms with Gasteiger partial charge in [0.2, 0.25) is 0 Å². The third-order valence-corrected chi connectivity index (χ3v) is 4.91. The Balaban J connectivity index is 1.69. The lowest BCUT2D eigenvalue weighted by molar-refractivity contribution is -0.151. The van der Waals surface area contributed by atoms with Crippen LogP contribution < -0.4 is 10.1 Å². The van der Waals surface area contributed by atoms with Crippen molar-refractivity contribution in [2.45, 2.75) is 33.2 Å². The van der Waals surface area contributed by atoms with Crippen LogP contribution in [0.15, 0.2) is 48.5 Å². The molecule has 1 N–H and O–H groups in total. The summed E-state index contributed by atoms with van der Waals surface area (Å²) in [7, 11) is 0. The number of rotatable bonds is 9. The highest BCUT2D eigenvalue weighted by Crippen LogP contribution is 2.27. The van der Waals surface area contributed by atoms with E-state index in [9.17, 15) is 19.2 Å². The van der Waals surface area contributed by atoms with Crippen LogP contribution in [0.5, 0.6) is 5.75 Å². The lowest BCUT2D eigenvalue weighted by Crippen LogP contribution is -2.46. The maximum absolute atomic E-state index is 12.9. The van der Waals surface area contributed by atoms with Crippen LogP contribution in [0.4, 0.5) is 5.69 Å². The number of carbonyl (C=O) groups is 4. The summed E-state index contributed by atoms with van der Waals surface area (Å²) < 4.78 is 10.7. The lowest BCUT2D eigenvalue weighted by atomic mass is 10.0. The summed E-state index contributed by atoms with van der Waals surface area (Å²) in [5.74, 6) is -1.94. The number of hydrogen-bond acceptors (Lipinski definition) is 6. The summed E-state index contributed by atoms with van der Waals surface area (Å²) in [6, 6.07) is 12.2. The first-order valence-electron chi connectivity index (χ1n) is 10.5. The number of ether oxygens (including phenoxy) is 2. The van der Waals surface area contributed by atoms with Crippen LogP contribution in [-0.2, 0) is 14.3 Å². The number of fused-ring (bicyclic) bond motifs is 1. The van der Waals surface area contributed by atoms with Gasteiger partial charge in [-0.2, -0.15) is 0 Å². The molecule has 3 amide bonds. The second-order valence-electron chi connectivity index (χ2n) is 7.76. The number of imide groups is 1. The molecule has 2 aromatic carbocycles. The van der Waals surface area contributed by atoms with Crippen LogP contribution in [0, 0.1) is 5.92 Å². The average molecular weight is 438 g/mol. The monoisotopic (exact) mass is 438 g/mol. The largest absolute Gasteiger partial charge is 0.492 e. The first-order chi connectivity index (χ1) is 15.3. The number of anilines is 1. The molecule has 0 saturated carbocycles. The fraction of sp³-hybridized carbons (Fsp3) is 0.333. The highest BCUT2D eigenvalue weighted by Gasteiger charge is 2.43. The Bertz CT molecular complexity index is 998. The molecule has 0 fully saturated rings. The van der Waals surface area contributed by atoms with Crippen molar-refractivity contribution in [3.8, 4) is 5.75 Å². The number of nitrogens with one attached hydrogen (secondary N) is 1. The topological polar surface area (TPSA) is 102 Å². The van der Waals surface area contributed by atoms with E-state index in [-0.39, 0.29) is 23.5 Å². The number of hydrogen-bond donors (Lipinski definition) is 1. The smallest absolute Gasteiger partial charge is 0.329 e. The van der Waals surface area contributed by atoms with Gasteiger partial charge in [0.15, 0.2) is 6.61 Å². The van der Waals surface area contributed by atoms with E-state index >= 15 is 0 Å². The van der Waals surface area contributed by atoms with E-state index in [0.717, 1.165) is 4.90 Å². The zero-order valence-electron chi connectivity index (χ0n) is 18.3. The number of nitrogens with zero attached hydrogens (tertiary/aromatic N) is 1. The van der Waals surface area contributed by atoms with Crippen LogP contribution in [0.2, 0.25) is 0 Å². The average Bonchev–Trinajstić information content (AvgIpc) is 3.02. The van der Waals surface area contributed by atoms with Crippen molar-refractivity contribution in [3.63, 3.8) is 0 Å². The molecule has 1 aliphatic rings. The van der Waals surface area contributed by atoms with E-state index in [2.05, 4.69) is 5.32 Å². The van der Waals surface area contributed by atoms with Crippen LogP contribution in [0.1, 0.15) is 47.9 Å². The quantitative estimate of drug-likeness (QED) is 0.476. The Morgan fingerprint density at radius 3 is 2.16 bits per heavy atom. The Labute approximate surface area is 186 Å². The molecule has 0 aliphatic carbocycles. The second-order valence-corrected chi connectivity index (χ2v) is 7.76. The molecule has 32 heavy (non-hydrogen) atoms. The SMILES string of the molecule is CCOc1ccccc1NC(=O)COC(=O)[C@@H](CC(C)C)N1C(=O)c2ccccc2C1=O. The molecule has 0 spiro atoms. The van der Waals surface area contributed by atoms with E-state index in [0.29, 0.717) is 18.0 Å². The number of amides is 3. The van der Waals surface area contributed by atoms with Crippen molar-refractivity contribution >= 4 is 29.4 Å². The van der Waals surface area contributed by atoms with Crippen LogP contribution in [-0.4, -0.2) is 47.8 Å². The van der Waals surface area contributed by atoms with Gasteiger partial charge in [0, 0.05) is 0 Å². The minimum absolute atomic E-state index is 0.00348. The molecular formula is C24H26N2O6. The number of esters is 1. The molecule has 1 heterocycles. The molecule has 0 aromatic heterocycles. The Morgan fingerprint density at radius 2 is 1.56 bits per heavy atom. The molecule has 8 heteroatoms. The van der Waals surface area contributed by atoms with Gasteiger partial charge >= 0.3 is 5.97 Å². The summed E-state index contributed by atoms with van der Waals surface area (Å²) in [4.78, 5) is 51.8. The Kier molecular flexibility index (Phi) is 7.25. The van der Waals surface area contributed by atoms with Crippen molar-refractivity contribution in [1.82, 2.24) is 4.90 Å². The fourth-order valence-electron chi connectivity index (χ4n) is 3.51. The molecule has 0 bridgehead atoms. The standard InChI is InChI=1S/C24H26N2O6/c1-4-31-20-12-8-7-11-18(20)25-21(27)14-32-24(30)19(13-15(2)3)26-22(28)16-9-5-6-10-17(16)23(26)29/h5-12,15,19H,4,13-14H2,1-3H3,(H,25,27)/t19-/m1/s1. The van der Waals surface area contributed by atoms with Crippen molar-refractivity contribution in [1.29, 1.82) is 0 Å². The zero-order valence-corrected chi connectivity index (χ0v) is 18.3. The lowest BCUT2D eigenvalue weighted by Gasteiger charge is -2.25. The highest BCUT2D eigenvalue weighted by atomic mass is 16.5. The zero-order chi connectivity index (χ0) is 23.3. The normalized spacial score (nSPS) is 13.7. The second kappa shape index (κ2) is 10.1. The highest BCUT2D eigenvalue weighted by molar-refractivity contribution is 6.22. The molecule has 1 atom stereocenters. The minimum atomic E-state index is -1.12. The molecule has 0 unspecified atom stereocenters. The van der Waals surface area contributed by atoms with E-state index in [1.54, 1.807) is 48.5 Å². The number of benzene rings is 2. The van der Waals surface area contributed by atoms with E-state index in [1.807, 2.05) is 20.8 Å². The van der Waals surface area contributed by atoms with Crippen LogP contribution in [0.3, 0.4) is 0 Å². The predicted octanol–water partition coefficient (Wildman–Crippen LogP) is 3.28. The predicted molar refractivity (Wildman–Crippen MR) is 117 cm³/mol. The van der Waals surface area contributed by atoms with Gasteiger partial charge in [0.25, 0.3) is 17.7 Å². The Morgan fingerprint density at radius 1 is 0.969 bits per heavy atom. The first-order valence-corrected chi connectivity index (χ1v) is 10.5. The third-order valence-electron chi connectivity index (χ3n) is 4.91. The van der Waals surface area contributed by atoms with Crippen LogP contribution in [0.25, 0.3) is 0 Å². The van der Waals surface area contributed by atoms with Gasteiger partial charge in [-0.1, -0.05) is 38.1 Å². The maximum Gasteiger partial charge on any atom is 0.329 e. The minimum Gasteiger partial charge on any atom is -0.492 e. The molecule has 3 rings (SSSR count). The molecule has 1 aliphatic heterocycles. The Hall–Kier alpha value is -3.68. The fourth-order valence-corrected chi connectivity index (χ4v) is 3.51. The van der Waals surface area contributed by atoms with E-state index in [4.69, 9.17) is 9.47 Å². The van der Waals surface area contributed by atoms with Crippen molar-refractivity contribution < 1.29 is 28.7 Å². The van der Waals surface area contributed by atoms with E-state index in [1.165, 1.54) is 0 Å². The third kappa shape index (κ3) is 4.96. The number of carbonyl (C=O) groups excluding carboxylic acids is 4. The van der Waals surface area contributed by atoms with Gasteiger partial charge in [-0.05, 0) is 43.5 Å². The van der Waals surface area contributed by atoms with Gasteiger partial charge in [0.1, 0.15) is 11.8 Å². The molecule has 0 saturated heterocycles. The van der Waals surface area contributed by atoms with Gasteiger partial charge < -0.3 is 14.8 Å². The molecular weight excluding hydrogens is 412 g/mol. The van der Waals surface area contributed by atoms with Gasteiger partial charge in [-0.15, -0.1) is 0 Å². The molecule has 168 valence electrons. The summed E-state index contributed by atoms with van der Waals surface area (Å²) in [5.41, 5.74) is 0.961. The molecule has 0 radical (unpaired) electrons. The number of para-hydroxylation sites is 2. The first kappa shape index (κ1) is 23.0. The summed E-state index contributed by atoms with van der Waals surface area (Å²) in [5, 5.41) is 2.64. The van der Waals surface area contributed by atoms with Crippen LogP contribution >= 0.6 is 0 Å². The summed E-state index contributed by atoms with van der Waals surface area (Å²) in [6.07, 6.45) is 0.221. The van der Waals surface area contributed by atoms with Gasteiger partial charge in [-0.3, -0.25) is 19.3 Å². The molecule has 2 aromatic rings. The van der Waals surface area contributed by atoms with Crippen molar-refractivity contribution in [3.05, 3.63) is 59.7 Å². The van der Waals surface area contributed by atoms with Gasteiger partial charge in [0.05, 0.1) is 23.4 Å². The molecule has 8 nitrogen and oxygen atoms in total. The maximum atomic E-state index is 12.9. The van der Waals surface area contributed by atoms with E-state index < -0.39 is 36.3 Å². The summed E-state index contributed by atoms with van der Waals surface area (Å²) in [6.45, 7) is 5.44. The van der Waals surface area contributed by atoms with Crippen molar-refractivity contribution in [2.24, 2.45) is 5.92 Å². The van der Waals surface area contributed by atoms with Crippen molar-refractivity contribution in [2.75, 3.05) is 18.5 Å². The summed E-state index contributed by atoms with van der Waals surface area (Å²) >= 11 is 0. The van der Waals surface area contributed by atoms with Gasteiger partial charge in [-0.25, -0.2) is 4.79 Å².